The van der Waals surface area contributed by atoms with Gasteiger partial charge in [-0.2, -0.15) is 0 Å². The summed E-state index contributed by atoms with van der Waals surface area (Å²) in [7, 11) is 0. The standard InChI is InChI=1S/C22H27FN4O2/c1-14(2)22(24-13-16-5-3-4-6-17(16)23)19-12-21(28)27-20(25-19)11-18(26-27)15-7-9-29-10-8-15/h3-6,11-12,14-15,22,24,26H,7-10,13H2,1-2H3/t22-/m1/s1. The van der Waals surface area contributed by atoms with Gasteiger partial charge in [0.05, 0.1) is 11.7 Å². The molecule has 0 spiro atoms. The topological polar surface area (TPSA) is 71.4 Å². The van der Waals surface area contributed by atoms with Gasteiger partial charge in [-0.3, -0.25) is 9.89 Å². The van der Waals surface area contributed by atoms with Gasteiger partial charge >= 0.3 is 0 Å². The van der Waals surface area contributed by atoms with Gasteiger partial charge < -0.3 is 10.1 Å². The number of halogens is 1. The van der Waals surface area contributed by atoms with Crippen molar-refractivity contribution in [1.29, 1.82) is 0 Å². The summed E-state index contributed by atoms with van der Waals surface area (Å²) >= 11 is 0. The summed E-state index contributed by atoms with van der Waals surface area (Å²) in [5.74, 6) is 0.302. The molecule has 4 rings (SSSR count). The molecule has 1 fully saturated rings. The number of H-pyrrole nitrogens is 1. The van der Waals surface area contributed by atoms with Gasteiger partial charge in [0, 0.05) is 49.1 Å². The maximum absolute atomic E-state index is 14.0. The van der Waals surface area contributed by atoms with Gasteiger partial charge in [-0.25, -0.2) is 13.9 Å². The van der Waals surface area contributed by atoms with Crippen molar-refractivity contribution in [2.24, 2.45) is 5.92 Å². The Labute approximate surface area is 169 Å². The molecular formula is C22H27FN4O2. The summed E-state index contributed by atoms with van der Waals surface area (Å²) in [6.07, 6.45) is 1.88. The molecule has 2 aromatic heterocycles. The first-order chi connectivity index (χ1) is 14.0. The van der Waals surface area contributed by atoms with Crippen LogP contribution in [-0.4, -0.2) is 27.8 Å². The number of hydrogen-bond acceptors (Lipinski definition) is 4. The Morgan fingerprint density at radius 2 is 2.03 bits per heavy atom. The molecule has 0 unspecified atom stereocenters. The van der Waals surface area contributed by atoms with Crippen LogP contribution in [0, 0.1) is 11.7 Å². The number of fused-ring (bicyclic) bond motifs is 1. The third kappa shape index (κ3) is 4.26. The van der Waals surface area contributed by atoms with Crippen LogP contribution in [0.25, 0.3) is 5.65 Å². The van der Waals surface area contributed by atoms with Crippen molar-refractivity contribution in [3.8, 4) is 0 Å². The van der Waals surface area contributed by atoms with E-state index in [0.29, 0.717) is 29.4 Å². The Bertz CT molecular complexity index is 1040. The lowest BCUT2D eigenvalue weighted by Gasteiger charge is -2.22. The molecule has 29 heavy (non-hydrogen) atoms. The minimum atomic E-state index is -0.238. The maximum Gasteiger partial charge on any atom is 0.272 e. The van der Waals surface area contributed by atoms with Crippen LogP contribution in [0.2, 0.25) is 0 Å². The van der Waals surface area contributed by atoms with Crippen LogP contribution >= 0.6 is 0 Å². The van der Waals surface area contributed by atoms with Gasteiger partial charge in [0.2, 0.25) is 0 Å². The minimum absolute atomic E-state index is 0.137. The number of benzene rings is 1. The molecule has 154 valence electrons. The van der Waals surface area contributed by atoms with Gasteiger partial charge in [-0.15, -0.1) is 0 Å². The van der Waals surface area contributed by atoms with Crippen LogP contribution < -0.4 is 10.9 Å². The number of aromatic amines is 1. The third-order valence-electron chi connectivity index (χ3n) is 5.61. The highest BCUT2D eigenvalue weighted by Gasteiger charge is 2.22. The zero-order valence-corrected chi connectivity index (χ0v) is 16.8. The normalized spacial score (nSPS) is 16.6. The number of ether oxygens (including phenoxy) is 1. The van der Waals surface area contributed by atoms with Crippen LogP contribution in [0.1, 0.15) is 55.6 Å². The predicted molar refractivity (Wildman–Crippen MR) is 109 cm³/mol. The van der Waals surface area contributed by atoms with Crippen molar-refractivity contribution in [3.05, 3.63) is 69.5 Å². The molecule has 3 heterocycles. The quantitative estimate of drug-likeness (QED) is 0.666. The molecule has 1 aromatic carbocycles. The van der Waals surface area contributed by atoms with Crippen molar-refractivity contribution >= 4 is 5.65 Å². The predicted octanol–water partition coefficient (Wildman–Crippen LogP) is 3.54. The van der Waals surface area contributed by atoms with Crippen molar-refractivity contribution in [1.82, 2.24) is 19.9 Å². The summed E-state index contributed by atoms with van der Waals surface area (Å²) in [6.45, 7) is 5.98. The average molecular weight is 398 g/mol. The number of rotatable bonds is 6. The third-order valence-corrected chi connectivity index (χ3v) is 5.61. The second-order valence-electron chi connectivity index (χ2n) is 8.00. The number of nitrogens with zero attached hydrogens (tertiary/aromatic N) is 2. The van der Waals surface area contributed by atoms with Crippen molar-refractivity contribution < 1.29 is 9.13 Å². The van der Waals surface area contributed by atoms with Gasteiger partial charge in [-0.1, -0.05) is 32.0 Å². The molecule has 0 amide bonds. The Balaban J connectivity index is 1.61. The maximum atomic E-state index is 14.0. The van der Waals surface area contributed by atoms with Crippen LogP contribution in [0.15, 0.2) is 41.2 Å². The fourth-order valence-corrected chi connectivity index (χ4v) is 3.95. The molecule has 0 aliphatic carbocycles. The zero-order chi connectivity index (χ0) is 20.4. The monoisotopic (exact) mass is 398 g/mol. The van der Waals surface area contributed by atoms with Gasteiger partial charge in [0.1, 0.15) is 5.82 Å². The van der Waals surface area contributed by atoms with E-state index in [-0.39, 0.29) is 23.3 Å². The van der Waals surface area contributed by atoms with Crippen LogP contribution in [0.5, 0.6) is 0 Å². The summed E-state index contributed by atoms with van der Waals surface area (Å²) in [6, 6.07) is 10.1. The van der Waals surface area contributed by atoms with Gasteiger partial charge in [0.25, 0.3) is 5.56 Å². The molecule has 0 saturated carbocycles. The van der Waals surface area contributed by atoms with E-state index in [0.717, 1.165) is 31.7 Å². The molecule has 0 radical (unpaired) electrons. The fourth-order valence-electron chi connectivity index (χ4n) is 3.95. The highest BCUT2D eigenvalue weighted by atomic mass is 19.1. The second-order valence-corrected chi connectivity index (χ2v) is 8.00. The van der Waals surface area contributed by atoms with Gasteiger partial charge in [0.15, 0.2) is 5.65 Å². The zero-order valence-electron chi connectivity index (χ0n) is 16.8. The van der Waals surface area contributed by atoms with Crippen molar-refractivity contribution in [3.63, 3.8) is 0 Å². The van der Waals surface area contributed by atoms with E-state index in [9.17, 15) is 9.18 Å². The first-order valence-corrected chi connectivity index (χ1v) is 10.2. The first kappa shape index (κ1) is 19.8. The largest absolute Gasteiger partial charge is 0.381 e. The van der Waals surface area contributed by atoms with E-state index < -0.39 is 0 Å². The number of aromatic nitrogens is 3. The average Bonchev–Trinajstić information content (AvgIpc) is 3.15. The van der Waals surface area contributed by atoms with Crippen molar-refractivity contribution in [2.45, 2.75) is 45.2 Å². The van der Waals surface area contributed by atoms with E-state index >= 15 is 0 Å². The molecular weight excluding hydrogens is 371 g/mol. The fraction of sp³-hybridized carbons (Fsp3) is 0.455. The van der Waals surface area contributed by atoms with E-state index in [1.807, 2.05) is 12.1 Å². The first-order valence-electron chi connectivity index (χ1n) is 10.2. The van der Waals surface area contributed by atoms with E-state index in [2.05, 4.69) is 24.3 Å². The van der Waals surface area contributed by atoms with Crippen LogP contribution in [-0.2, 0) is 11.3 Å². The molecule has 0 bridgehead atoms. The molecule has 7 heteroatoms. The minimum Gasteiger partial charge on any atom is -0.381 e. The molecule has 2 N–H and O–H groups in total. The summed E-state index contributed by atoms with van der Waals surface area (Å²) in [4.78, 5) is 17.5. The number of nitrogens with one attached hydrogen (secondary N) is 2. The van der Waals surface area contributed by atoms with Crippen molar-refractivity contribution in [2.75, 3.05) is 13.2 Å². The summed E-state index contributed by atoms with van der Waals surface area (Å²) in [5, 5.41) is 6.59. The molecule has 1 saturated heterocycles. The molecule has 1 atom stereocenters. The second kappa shape index (κ2) is 8.47. The summed E-state index contributed by atoms with van der Waals surface area (Å²) < 4.78 is 20.9. The van der Waals surface area contributed by atoms with E-state index in [1.54, 1.807) is 18.2 Å². The SMILES string of the molecule is CC(C)[C@@H](NCc1ccccc1F)c1cc(=O)n2[nH]c(C3CCOCC3)cc2n1. The Morgan fingerprint density at radius 3 is 2.76 bits per heavy atom. The smallest absolute Gasteiger partial charge is 0.272 e. The molecule has 3 aromatic rings. The summed E-state index contributed by atoms with van der Waals surface area (Å²) in [5.41, 5.74) is 2.78. The Morgan fingerprint density at radius 1 is 1.28 bits per heavy atom. The highest BCUT2D eigenvalue weighted by Crippen LogP contribution is 2.27. The van der Waals surface area contributed by atoms with Crippen LogP contribution in [0.3, 0.4) is 0 Å². The molecule has 1 aliphatic rings. The Hall–Kier alpha value is -2.51. The Kier molecular flexibility index (Phi) is 5.78. The lowest BCUT2D eigenvalue weighted by atomic mass is 9.97. The molecule has 1 aliphatic heterocycles. The van der Waals surface area contributed by atoms with Gasteiger partial charge in [-0.05, 0) is 24.8 Å². The van der Waals surface area contributed by atoms with E-state index in [1.165, 1.54) is 10.6 Å². The molecule has 6 nitrogen and oxygen atoms in total. The lowest BCUT2D eigenvalue weighted by Crippen LogP contribution is -2.29. The van der Waals surface area contributed by atoms with E-state index in [4.69, 9.17) is 9.72 Å². The highest BCUT2D eigenvalue weighted by molar-refractivity contribution is 5.41. The van der Waals surface area contributed by atoms with Crippen LogP contribution in [0.4, 0.5) is 4.39 Å². The number of hydrogen-bond donors (Lipinski definition) is 2. The lowest BCUT2D eigenvalue weighted by molar-refractivity contribution is 0.0844.